The highest BCUT2D eigenvalue weighted by molar-refractivity contribution is 7.20. The topological polar surface area (TPSA) is 84.3 Å². The molecule has 1 aliphatic heterocycles. The zero-order valence-electron chi connectivity index (χ0n) is 17.1. The van der Waals surface area contributed by atoms with E-state index in [1.165, 1.54) is 11.3 Å². The predicted octanol–water partition coefficient (Wildman–Crippen LogP) is 2.91. The molecule has 0 N–H and O–H groups in total. The molecule has 9 heteroatoms. The second kappa shape index (κ2) is 7.90. The first-order valence-corrected chi connectivity index (χ1v) is 10.5. The molecule has 0 radical (unpaired) electrons. The van der Waals surface area contributed by atoms with Crippen LogP contribution < -0.4 is 9.80 Å². The third-order valence-electron chi connectivity index (χ3n) is 5.00. The van der Waals surface area contributed by atoms with Crippen LogP contribution in [-0.2, 0) is 4.74 Å². The van der Waals surface area contributed by atoms with E-state index in [9.17, 15) is 4.79 Å². The molecular weight excluding hydrogens is 388 g/mol. The van der Waals surface area contributed by atoms with E-state index in [0.717, 1.165) is 65.1 Å². The molecule has 0 spiro atoms. The van der Waals surface area contributed by atoms with E-state index < -0.39 is 0 Å². The van der Waals surface area contributed by atoms with Crippen LogP contribution in [0.5, 0.6) is 0 Å². The molecule has 8 nitrogen and oxygen atoms in total. The summed E-state index contributed by atoms with van der Waals surface area (Å²) in [6.07, 6.45) is 1.57. The van der Waals surface area contributed by atoms with Crippen molar-refractivity contribution >= 4 is 39.3 Å². The van der Waals surface area contributed by atoms with Crippen LogP contribution in [0.3, 0.4) is 0 Å². The molecule has 0 aromatic carbocycles. The van der Waals surface area contributed by atoms with Crippen molar-refractivity contribution in [3.8, 4) is 0 Å². The van der Waals surface area contributed by atoms with E-state index in [4.69, 9.17) is 4.74 Å². The molecule has 0 aliphatic carbocycles. The number of thiophene rings is 1. The maximum atomic E-state index is 12.3. The fraction of sp³-hybridized carbons (Fsp3) is 0.450. The van der Waals surface area contributed by atoms with E-state index in [-0.39, 0.29) is 5.97 Å². The van der Waals surface area contributed by atoms with Crippen molar-refractivity contribution in [1.29, 1.82) is 0 Å². The lowest BCUT2D eigenvalue weighted by Crippen LogP contribution is -2.47. The normalized spacial score (nSPS) is 14.5. The molecule has 3 aromatic heterocycles. The van der Waals surface area contributed by atoms with E-state index in [0.29, 0.717) is 11.5 Å². The summed E-state index contributed by atoms with van der Waals surface area (Å²) in [4.78, 5) is 36.3. The van der Waals surface area contributed by atoms with Gasteiger partial charge in [0.15, 0.2) is 0 Å². The minimum Gasteiger partial charge on any atom is -0.462 e. The Bertz CT molecular complexity index is 1040. The van der Waals surface area contributed by atoms with Crippen molar-refractivity contribution in [2.24, 2.45) is 0 Å². The van der Waals surface area contributed by atoms with Crippen LogP contribution in [0.4, 0.5) is 11.8 Å². The Labute approximate surface area is 173 Å². The highest BCUT2D eigenvalue weighted by Crippen LogP contribution is 2.35. The van der Waals surface area contributed by atoms with E-state index in [2.05, 4.69) is 29.7 Å². The largest absolute Gasteiger partial charge is 0.462 e. The maximum Gasteiger partial charge on any atom is 0.348 e. The van der Waals surface area contributed by atoms with Crippen LogP contribution >= 0.6 is 11.3 Å². The van der Waals surface area contributed by atoms with Gasteiger partial charge in [-0.05, 0) is 39.3 Å². The number of anilines is 2. The van der Waals surface area contributed by atoms with Gasteiger partial charge in [-0.1, -0.05) is 0 Å². The summed E-state index contributed by atoms with van der Waals surface area (Å²) < 4.78 is 5.20. The summed E-state index contributed by atoms with van der Waals surface area (Å²) in [6.45, 7) is 11.3. The number of hydrogen-bond acceptors (Lipinski definition) is 9. The average Bonchev–Trinajstić information content (AvgIpc) is 3.05. The number of fused-ring (bicyclic) bond motifs is 1. The predicted molar refractivity (Wildman–Crippen MR) is 114 cm³/mol. The Hall–Kier alpha value is -2.81. The highest BCUT2D eigenvalue weighted by Gasteiger charge is 2.25. The zero-order valence-corrected chi connectivity index (χ0v) is 17.9. The second-order valence-corrected chi connectivity index (χ2v) is 8.08. The summed E-state index contributed by atoms with van der Waals surface area (Å²) in [5, 5.41) is 0.941. The van der Waals surface area contributed by atoms with Gasteiger partial charge in [-0.2, -0.15) is 0 Å². The first-order valence-electron chi connectivity index (χ1n) is 9.71. The van der Waals surface area contributed by atoms with Crippen molar-refractivity contribution < 1.29 is 9.53 Å². The van der Waals surface area contributed by atoms with Crippen LogP contribution in [0, 0.1) is 20.8 Å². The maximum absolute atomic E-state index is 12.3. The minimum atomic E-state index is -0.296. The molecule has 29 heavy (non-hydrogen) atoms. The summed E-state index contributed by atoms with van der Waals surface area (Å²) >= 11 is 1.37. The molecule has 4 rings (SSSR count). The number of carbonyl (C=O) groups is 1. The van der Waals surface area contributed by atoms with E-state index in [1.807, 2.05) is 33.8 Å². The molecule has 3 aromatic rings. The van der Waals surface area contributed by atoms with Gasteiger partial charge in [-0.15, -0.1) is 11.3 Å². The molecule has 0 saturated carbocycles. The van der Waals surface area contributed by atoms with E-state index >= 15 is 0 Å². The van der Waals surface area contributed by atoms with Gasteiger partial charge < -0.3 is 14.5 Å². The summed E-state index contributed by atoms with van der Waals surface area (Å²) in [5.74, 6) is 1.36. The monoisotopic (exact) mass is 412 g/mol. The van der Waals surface area contributed by atoms with Crippen LogP contribution in [0.25, 0.3) is 10.2 Å². The first-order chi connectivity index (χ1) is 14.0. The Morgan fingerprint density at radius 2 is 1.72 bits per heavy atom. The number of rotatable bonds is 4. The smallest absolute Gasteiger partial charge is 0.348 e. The SMILES string of the molecule is CCOC(=O)c1sc2ncnc(N3CCN(c4nc(C)cc(C)n4)CC3)c2c1C. The van der Waals surface area contributed by atoms with Crippen molar-refractivity contribution in [1.82, 2.24) is 19.9 Å². The Kier molecular flexibility index (Phi) is 5.31. The minimum absolute atomic E-state index is 0.296. The van der Waals surface area contributed by atoms with Crippen LogP contribution in [0.1, 0.15) is 33.5 Å². The van der Waals surface area contributed by atoms with Gasteiger partial charge in [0.1, 0.15) is 21.9 Å². The van der Waals surface area contributed by atoms with Crippen molar-refractivity contribution in [3.63, 3.8) is 0 Å². The van der Waals surface area contributed by atoms with Crippen LogP contribution in [0.15, 0.2) is 12.4 Å². The summed E-state index contributed by atoms with van der Waals surface area (Å²) in [7, 11) is 0. The third kappa shape index (κ3) is 3.74. The molecule has 1 fully saturated rings. The number of esters is 1. The van der Waals surface area contributed by atoms with Gasteiger partial charge in [0.2, 0.25) is 5.95 Å². The third-order valence-corrected chi connectivity index (χ3v) is 6.18. The van der Waals surface area contributed by atoms with Gasteiger partial charge in [0.25, 0.3) is 0 Å². The Morgan fingerprint density at radius 1 is 1.07 bits per heavy atom. The standard InChI is InChI=1S/C20H24N6O2S/c1-5-28-19(27)16-14(4)15-17(21-11-22-18(15)29-16)25-6-8-26(9-7-25)20-23-12(2)10-13(3)24-20/h10-11H,5-9H2,1-4H3. The number of piperazine rings is 1. The van der Waals surface area contributed by atoms with Gasteiger partial charge in [0, 0.05) is 37.6 Å². The quantitative estimate of drug-likeness (QED) is 0.605. The number of nitrogens with zero attached hydrogens (tertiary/aromatic N) is 6. The molecule has 0 atom stereocenters. The van der Waals surface area contributed by atoms with Gasteiger partial charge in [-0.25, -0.2) is 24.7 Å². The molecule has 152 valence electrons. The number of aryl methyl sites for hydroxylation is 3. The number of aromatic nitrogens is 4. The van der Waals surface area contributed by atoms with E-state index in [1.54, 1.807) is 6.33 Å². The molecule has 0 unspecified atom stereocenters. The lowest BCUT2D eigenvalue weighted by Gasteiger charge is -2.35. The van der Waals surface area contributed by atoms with Crippen molar-refractivity contribution in [2.75, 3.05) is 42.6 Å². The van der Waals surface area contributed by atoms with Crippen LogP contribution in [-0.4, -0.2) is 58.7 Å². The Morgan fingerprint density at radius 3 is 2.38 bits per heavy atom. The fourth-order valence-electron chi connectivity index (χ4n) is 3.65. The van der Waals surface area contributed by atoms with Crippen molar-refractivity contribution in [3.05, 3.63) is 34.2 Å². The molecule has 1 aliphatic rings. The Balaban J connectivity index is 1.59. The lowest BCUT2D eigenvalue weighted by atomic mass is 10.2. The summed E-state index contributed by atoms with van der Waals surface area (Å²) in [5.41, 5.74) is 2.85. The zero-order chi connectivity index (χ0) is 20.5. The highest BCUT2D eigenvalue weighted by atomic mass is 32.1. The van der Waals surface area contributed by atoms with Gasteiger partial charge >= 0.3 is 5.97 Å². The number of ether oxygens (including phenoxy) is 1. The number of carbonyl (C=O) groups excluding carboxylic acids is 1. The fourth-order valence-corrected chi connectivity index (χ4v) is 4.69. The van der Waals surface area contributed by atoms with Gasteiger partial charge in [0.05, 0.1) is 12.0 Å². The van der Waals surface area contributed by atoms with Gasteiger partial charge in [-0.3, -0.25) is 0 Å². The van der Waals surface area contributed by atoms with Crippen molar-refractivity contribution in [2.45, 2.75) is 27.7 Å². The first kappa shape index (κ1) is 19.5. The molecular formula is C20H24N6O2S. The molecule has 4 heterocycles. The lowest BCUT2D eigenvalue weighted by molar-refractivity contribution is 0.0531. The number of hydrogen-bond donors (Lipinski definition) is 0. The average molecular weight is 413 g/mol. The van der Waals surface area contributed by atoms with Crippen LogP contribution in [0.2, 0.25) is 0 Å². The summed E-state index contributed by atoms with van der Waals surface area (Å²) in [6, 6.07) is 1.98. The molecule has 1 saturated heterocycles. The molecule has 0 amide bonds. The molecule has 0 bridgehead atoms. The second-order valence-electron chi connectivity index (χ2n) is 7.08.